The van der Waals surface area contributed by atoms with E-state index in [1.54, 1.807) is 6.07 Å². The van der Waals surface area contributed by atoms with Crippen LogP contribution in [0.25, 0.3) is 0 Å². The number of nitrogens with one attached hydrogen (secondary N) is 1. The minimum atomic E-state index is -0.276. The third-order valence-corrected chi connectivity index (χ3v) is 3.90. The summed E-state index contributed by atoms with van der Waals surface area (Å²) >= 11 is 7.94. The second-order valence-electron chi connectivity index (χ2n) is 3.85. The summed E-state index contributed by atoms with van der Waals surface area (Å²) in [6.07, 6.45) is 0.847. The molecule has 0 fully saturated rings. The number of hydrogen-bond acceptors (Lipinski definition) is 2. The van der Waals surface area contributed by atoms with Gasteiger partial charge in [0.25, 0.3) is 0 Å². The Balaban J connectivity index is 2.64. The number of thioether (sulfide) groups is 1. The number of hydrogen-bond donors (Lipinski definition) is 1. The largest absolute Gasteiger partial charge is 0.313 e. The van der Waals surface area contributed by atoms with Gasteiger partial charge in [0.1, 0.15) is 5.82 Å². The first-order valence-corrected chi connectivity index (χ1v) is 7.45. The molecule has 1 aromatic rings. The maximum absolute atomic E-state index is 12.9. The van der Waals surface area contributed by atoms with Crippen LogP contribution >= 0.6 is 23.4 Å². The lowest BCUT2D eigenvalue weighted by Gasteiger charge is -2.18. The summed E-state index contributed by atoms with van der Waals surface area (Å²) in [5, 5.41) is 3.96. The smallest absolute Gasteiger partial charge is 0.124 e. The average Bonchev–Trinajstić information content (AvgIpc) is 2.29. The van der Waals surface area contributed by atoms with Gasteiger partial charge in [-0.3, -0.25) is 0 Å². The van der Waals surface area contributed by atoms with Crippen molar-refractivity contribution >= 4 is 23.4 Å². The van der Waals surface area contributed by atoms with Crippen molar-refractivity contribution in [2.45, 2.75) is 26.3 Å². The molecule has 0 aliphatic heterocycles. The minimum absolute atomic E-state index is 0.276. The first-order chi connectivity index (χ1) is 8.17. The van der Waals surface area contributed by atoms with E-state index >= 15 is 0 Å². The zero-order valence-corrected chi connectivity index (χ0v) is 11.9. The molecule has 0 saturated carbocycles. The molecular formula is C13H19ClFNS. The van der Waals surface area contributed by atoms with E-state index in [-0.39, 0.29) is 5.82 Å². The van der Waals surface area contributed by atoms with Crippen molar-refractivity contribution in [3.05, 3.63) is 34.6 Å². The summed E-state index contributed by atoms with van der Waals surface area (Å²) in [6.45, 7) is 5.18. The highest BCUT2D eigenvalue weighted by atomic mass is 35.5. The van der Waals surface area contributed by atoms with Crippen LogP contribution in [0.1, 0.15) is 19.4 Å². The third kappa shape index (κ3) is 5.28. The molecule has 96 valence electrons. The van der Waals surface area contributed by atoms with Gasteiger partial charge in [-0.25, -0.2) is 4.39 Å². The van der Waals surface area contributed by atoms with Gasteiger partial charge >= 0.3 is 0 Å². The van der Waals surface area contributed by atoms with E-state index in [1.165, 1.54) is 12.1 Å². The fraction of sp³-hybridized carbons (Fsp3) is 0.538. The molecule has 1 nitrogen and oxygen atoms in total. The van der Waals surface area contributed by atoms with Crippen molar-refractivity contribution in [1.82, 2.24) is 5.32 Å². The van der Waals surface area contributed by atoms with Gasteiger partial charge < -0.3 is 5.32 Å². The average molecular weight is 276 g/mol. The summed E-state index contributed by atoms with van der Waals surface area (Å²) in [4.78, 5) is 0. The number of rotatable bonds is 7. The molecule has 0 aliphatic rings. The normalized spacial score (nSPS) is 12.7. The molecule has 1 N–H and O–H groups in total. The summed E-state index contributed by atoms with van der Waals surface area (Å²) in [5.41, 5.74) is 1.01. The zero-order chi connectivity index (χ0) is 12.7. The van der Waals surface area contributed by atoms with Crippen LogP contribution in [0.2, 0.25) is 5.02 Å². The summed E-state index contributed by atoms with van der Waals surface area (Å²) in [6, 6.07) is 5.02. The van der Waals surface area contributed by atoms with E-state index in [4.69, 9.17) is 11.6 Å². The Bertz CT molecular complexity index is 346. The standard InChI is InChI=1S/C13H19ClFNS/c1-3-16-12(9-17-4-2)7-10-5-6-11(15)8-13(10)14/h5-6,8,12,16H,3-4,7,9H2,1-2H3. The lowest BCUT2D eigenvalue weighted by Crippen LogP contribution is -2.33. The van der Waals surface area contributed by atoms with Gasteiger partial charge in [0.05, 0.1) is 0 Å². The Morgan fingerprint density at radius 1 is 1.41 bits per heavy atom. The monoisotopic (exact) mass is 275 g/mol. The van der Waals surface area contributed by atoms with E-state index in [0.29, 0.717) is 11.1 Å². The van der Waals surface area contributed by atoms with Gasteiger partial charge in [0.2, 0.25) is 0 Å². The molecule has 0 aliphatic carbocycles. The van der Waals surface area contributed by atoms with Crippen LogP contribution in [0.3, 0.4) is 0 Å². The van der Waals surface area contributed by atoms with E-state index < -0.39 is 0 Å². The van der Waals surface area contributed by atoms with Gasteiger partial charge in [0.15, 0.2) is 0 Å². The highest BCUT2D eigenvalue weighted by Gasteiger charge is 2.11. The molecule has 0 saturated heterocycles. The van der Waals surface area contributed by atoms with Crippen LogP contribution in [0.5, 0.6) is 0 Å². The van der Waals surface area contributed by atoms with Crippen molar-refractivity contribution in [3.63, 3.8) is 0 Å². The van der Waals surface area contributed by atoms with Crippen molar-refractivity contribution in [3.8, 4) is 0 Å². The zero-order valence-electron chi connectivity index (χ0n) is 10.3. The molecule has 0 bridgehead atoms. The topological polar surface area (TPSA) is 12.0 Å². The quantitative estimate of drug-likeness (QED) is 0.813. The lowest BCUT2D eigenvalue weighted by molar-refractivity contribution is 0.571. The van der Waals surface area contributed by atoms with Gasteiger partial charge in [-0.2, -0.15) is 11.8 Å². The maximum Gasteiger partial charge on any atom is 0.124 e. The van der Waals surface area contributed by atoms with Crippen molar-refractivity contribution < 1.29 is 4.39 Å². The van der Waals surface area contributed by atoms with E-state index in [1.807, 2.05) is 11.8 Å². The van der Waals surface area contributed by atoms with Crippen molar-refractivity contribution in [2.75, 3.05) is 18.1 Å². The molecule has 0 heterocycles. The minimum Gasteiger partial charge on any atom is -0.313 e. The molecule has 1 unspecified atom stereocenters. The van der Waals surface area contributed by atoms with Crippen LogP contribution in [0.15, 0.2) is 18.2 Å². The predicted molar refractivity (Wildman–Crippen MR) is 75.6 cm³/mol. The number of halogens is 2. The maximum atomic E-state index is 12.9. The molecule has 17 heavy (non-hydrogen) atoms. The Hall–Kier alpha value is -0.250. The second-order valence-corrected chi connectivity index (χ2v) is 5.58. The Morgan fingerprint density at radius 3 is 2.76 bits per heavy atom. The lowest BCUT2D eigenvalue weighted by atomic mass is 10.1. The fourth-order valence-electron chi connectivity index (χ4n) is 1.69. The van der Waals surface area contributed by atoms with E-state index in [9.17, 15) is 4.39 Å². The second kappa shape index (κ2) is 7.96. The number of likely N-dealkylation sites (N-methyl/N-ethyl adjacent to an activating group) is 1. The summed E-state index contributed by atoms with van der Waals surface area (Å²) in [7, 11) is 0. The Labute approximate surface area is 112 Å². The molecule has 1 rings (SSSR count). The molecule has 1 aromatic carbocycles. The van der Waals surface area contributed by atoms with E-state index in [0.717, 1.165) is 30.0 Å². The molecule has 4 heteroatoms. The van der Waals surface area contributed by atoms with Crippen LogP contribution in [-0.2, 0) is 6.42 Å². The Kier molecular flexibility index (Phi) is 6.93. The molecular weight excluding hydrogens is 257 g/mol. The molecule has 0 aromatic heterocycles. The highest BCUT2D eigenvalue weighted by molar-refractivity contribution is 7.99. The first kappa shape index (κ1) is 14.8. The fourth-order valence-corrected chi connectivity index (χ4v) is 2.69. The SMILES string of the molecule is CCNC(CSCC)Cc1ccc(F)cc1Cl. The third-order valence-electron chi connectivity index (χ3n) is 2.50. The molecule has 0 radical (unpaired) electrons. The highest BCUT2D eigenvalue weighted by Crippen LogP contribution is 2.19. The van der Waals surface area contributed by atoms with Gasteiger partial charge in [-0.05, 0) is 36.4 Å². The van der Waals surface area contributed by atoms with Gasteiger partial charge in [-0.1, -0.05) is 31.5 Å². The van der Waals surface area contributed by atoms with Crippen molar-refractivity contribution in [2.24, 2.45) is 0 Å². The summed E-state index contributed by atoms with van der Waals surface area (Å²) in [5.74, 6) is 1.89. The predicted octanol–water partition coefficient (Wildman–Crippen LogP) is 3.75. The van der Waals surface area contributed by atoms with E-state index in [2.05, 4.69) is 19.2 Å². The van der Waals surface area contributed by atoms with Crippen LogP contribution in [-0.4, -0.2) is 24.1 Å². The first-order valence-electron chi connectivity index (χ1n) is 5.92. The summed E-state index contributed by atoms with van der Waals surface area (Å²) < 4.78 is 12.9. The van der Waals surface area contributed by atoms with Crippen LogP contribution in [0, 0.1) is 5.82 Å². The Morgan fingerprint density at radius 2 is 2.18 bits per heavy atom. The van der Waals surface area contributed by atoms with Gasteiger partial charge in [-0.15, -0.1) is 0 Å². The van der Waals surface area contributed by atoms with Crippen molar-refractivity contribution in [1.29, 1.82) is 0 Å². The molecule has 1 atom stereocenters. The van der Waals surface area contributed by atoms with Crippen LogP contribution in [0.4, 0.5) is 4.39 Å². The molecule has 0 amide bonds. The van der Waals surface area contributed by atoms with Crippen LogP contribution < -0.4 is 5.32 Å². The number of benzene rings is 1. The van der Waals surface area contributed by atoms with Gasteiger partial charge in [0, 0.05) is 16.8 Å². The molecule has 0 spiro atoms.